The molecule has 2 bridgehead atoms. The number of ether oxygens (including phenoxy) is 2. The molecule has 1 spiro atoms. The van der Waals surface area contributed by atoms with Gasteiger partial charge >= 0.3 is 11.9 Å². The number of hydrogen-bond donors (Lipinski definition) is 3. The van der Waals surface area contributed by atoms with E-state index < -0.39 is 51.5 Å². The minimum atomic E-state index is -2.16. The number of nitrogens with one attached hydrogen (secondary N) is 1. The maximum Gasteiger partial charge on any atom is 0.344 e. The van der Waals surface area contributed by atoms with Gasteiger partial charge in [0.15, 0.2) is 6.10 Å². The fourth-order valence-electron chi connectivity index (χ4n) is 13.5. The van der Waals surface area contributed by atoms with E-state index in [0.29, 0.717) is 13.0 Å². The van der Waals surface area contributed by atoms with E-state index in [1.165, 1.54) is 36.2 Å². The molecule has 3 N–H and O–H groups in total. The van der Waals surface area contributed by atoms with Crippen LogP contribution in [-0.4, -0.2) is 113 Å². The standard InChI is InChI=1S/C45H57BrN4O6/c1-8-42(53)23-28-22-41(5,36-30(13-17-49(24-28)25-42)31-20-29(46)11-12-34(31)47-36)32-21-33-35(19-26(32)3)48(6)38-44(33)15-18-50-16-10-14-43(9-2,37(44)50)39(56-27(4)51)45(38,54)40(52)55-7/h10-12,14,19-21,28,37-39,47,53-54H,8-9,13,15-18,22-25H2,1-7H3/t28-,37+,38?,39-,41-,42+,43-,44-,45+/m1/s1. The number of aliphatic hydroxyl groups is 2. The monoisotopic (exact) mass is 828 g/mol. The van der Waals surface area contributed by atoms with Gasteiger partial charge in [-0.2, -0.15) is 0 Å². The second kappa shape index (κ2) is 12.9. The zero-order chi connectivity index (χ0) is 39.7. The van der Waals surface area contributed by atoms with Crippen LogP contribution >= 0.6 is 15.9 Å². The van der Waals surface area contributed by atoms with Crippen LogP contribution < -0.4 is 4.90 Å². The summed E-state index contributed by atoms with van der Waals surface area (Å²) in [5.74, 6) is -1.07. The Hall–Kier alpha value is -3.22. The van der Waals surface area contributed by atoms with Gasteiger partial charge < -0.3 is 29.6 Å². The fourth-order valence-corrected chi connectivity index (χ4v) is 13.9. The zero-order valence-electron chi connectivity index (χ0n) is 33.9. The lowest BCUT2D eigenvalue weighted by Gasteiger charge is -2.63. The molecule has 3 fully saturated rings. The van der Waals surface area contributed by atoms with Crippen molar-refractivity contribution in [3.63, 3.8) is 0 Å². The summed E-state index contributed by atoms with van der Waals surface area (Å²) in [6, 6.07) is 10.3. The molecule has 0 radical (unpaired) electrons. The average molecular weight is 830 g/mol. The lowest BCUT2D eigenvalue weighted by molar-refractivity contribution is -0.228. The van der Waals surface area contributed by atoms with Crippen molar-refractivity contribution in [1.29, 1.82) is 0 Å². The number of aromatic amines is 1. The molecule has 2 unspecified atom stereocenters. The van der Waals surface area contributed by atoms with E-state index in [1.54, 1.807) is 0 Å². The van der Waals surface area contributed by atoms with Gasteiger partial charge in [-0.1, -0.05) is 48.0 Å². The molecule has 1 saturated carbocycles. The molecule has 1 aromatic heterocycles. The number of fused-ring (bicyclic) bond motifs is 6. The molecule has 3 aromatic rings. The Kier molecular flexibility index (Phi) is 8.82. The third-order valence-corrected chi connectivity index (χ3v) is 16.0. The quantitative estimate of drug-likeness (QED) is 0.214. The Labute approximate surface area is 338 Å². The normalized spacial score (nSPS) is 38.5. The van der Waals surface area contributed by atoms with E-state index in [2.05, 4.69) is 106 Å². The molecular weight excluding hydrogens is 772 g/mol. The van der Waals surface area contributed by atoms with Crippen molar-refractivity contribution in [1.82, 2.24) is 14.8 Å². The van der Waals surface area contributed by atoms with Gasteiger partial charge in [-0.05, 0) is 111 Å². The van der Waals surface area contributed by atoms with Crippen molar-refractivity contribution in [3.05, 3.63) is 74.9 Å². The smallest absolute Gasteiger partial charge is 0.344 e. The summed E-state index contributed by atoms with van der Waals surface area (Å²) in [6.45, 7) is 14.2. The molecule has 6 aliphatic rings. The molecule has 10 atom stereocenters. The number of methoxy groups -OCH3 is 1. The Morgan fingerprint density at radius 2 is 1.84 bits per heavy atom. The third kappa shape index (κ3) is 4.99. The minimum Gasteiger partial charge on any atom is -0.467 e. The number of aromatic nitrogens is 1. The van der Waals surface area contributed by atoms with Crippen molar-refractivity contribution >= 4 is 44.5 Å². The van der Waals surface area contributed by atoms with E-state index in [9.17, 15) is 19.8 Å². The highest BCUT2D eigenvalue weighted by Crippen LogP contribution is 2.68. The van der Waals surface area contributed by atoms with Crippen molar-refractivity contribution < 1.29 is 29.3 Å². The Bertz CT molecular complexity index is 2170. The number of anilines is 1. The number of carbonyl (C=O) groups excluding carboxylic acids is 2. The summed E-state index contributed by atoms with van der Waals surface area (Å²) in [4.78, 5) is 38.3. The van der Waals surface area contributed by atoms with E-state index in [1.807, 2.05) is 7.05 Å². The molecule has 2 saturated heterocycles. The maximum absolute atomic E-state index is 14.3. The number of halogens is 1. The number of rotatable bonds is 5. The van der Waals surface area contributed by atoms with Crippen LogP contribution in [0.25, 0.3) is 10.9 Å². The van der Waals surface area contributed by atoms with Crippen LogP contribution in [0, 0.1) is 18.3 Å². The number of carbonyl (C=O) groups is 2. The molecule has 2 aromatic carbocycles. The lowest BCUT2D eigenvalue weighted by Crippen LogP contribution is -2.81. The lowest BCUT2D eigenvalue weighted by atomic mass is 9.47. The number of likely N-dealkylation sites (N-methyl/N-ethyl adjacent to an activating group) is 1. The first-order valence-electron chi connectivity index (χ1n) is 20.6. The van der Waals surface area contributed by atoms with Crippen molar-refractivity contribution in [3.8, 4) is 0 Å². The summed E-state index contributed by atoms with van der Waals surface area (Å²) in [5, 5.41) is 26.4. The van der Waals surface area contributed by atoms with Gasteiger partial charge in [0.25, 0.3) is 0 Å². The number of H-pyrrole nitrogens is 1. The van der Waals surface area contributed by atoms with Gasteiger partial charge in [0.05, 0.1) is 18.8 Å². The van der Waals surface area contributed by atoms with Crippen molar-refractivity contribution in [2.45, 2.75) is 113 Å². The summed E-state index contributed by atoms with van der Waals surface area (Å²) in [6.07, 6.45) is 7.54. The molecule has 5 aliphatic heterocycles. The van der Waals surface area contributed by atoms with Crippen LogP contribution in [-0.2, 0) is 36.3 Å². The summed E-state index contributed by atoms with van der Waals surface area (Å²) < 4.78 is 12.7. The maximum atomic E-state index is 14.3. The Morgan fingerprint density at radius 1 is 1.05 bits per heavy atom. The summed E-state index contributed by atoms with van der Waals surface area (Å²) >= 11 is 3.77. The summed E-state index contributed by atoms with van der Waals surface area (Å²) in [7, 11) is 3.29. The number of benzene rings is 2. The minimum absolute atomic E-state index is 0.149. The first-order valence-corrected chi connectivity index (χ1v) is 21.4. The second-order valence-electron chi connectivity index (χ2n) is 18.4. The van der Waals surface area contributed by atoms with Crippen LogP contribution in [0.5, 0.6) is 0 Å². The fraction of sp³-hybridized carbons (Fsp3) is 0.600. The Morgan fingerprint density at radius 3 is 2.55 bits per heavy atom. The Balaban J connectivity index is 1.30. The predicted octanol–water partition coefficient (Wildman–Crippen LogP) is 5.90. The van der Waals surface area contributed by atoms with Crippen LogP contribution in [0.1, 0.15) is 87.7 Å². The van der Waals surface area contributed by atoms with E-state index in [0.717, 1.165) is 85.1 Å². The zero-order valence-corrected chi connectivity index (χ0v) is 35.5. The number of hydrogen-bond acceptors (Lipinski definition) is 9. The highest BCUT2D eigenvalue weighted by Gasteiger charge is 2.80. The topological polar surface area (TPSA) is 119 Å². The molecule has 56 heavy (non-hydrogen) atoms. The van der Waals surface area contributed by atoms with Gasteiger partial charge in [0, 0.05) is 89.2 Å². The van der Waals surface area contributed by atoms with Gasteiger partial charge in [-0.3, -0.25) is 14.6 Å². The molecule has 9 rings (SSSR count). The highest BCUT2D eigenvalue weighted by molar-refractivity contribution is 9.10. The molecule has 0 amide bonds. The summed E-state index contributed by atoms with van der Waals surface area (Å²) in [5.41, 5.74) is 3.21. The van der Waals surface area contributed by atoms with Crippen molar-refractivity contribution in [2.24, 2.45) is 11.3 Å². The highest BCUT2D eigenvalue weighted by atomic mass is 79.9. The van der Waals surface area contributed by atoms with Crippen LogP contribution in [0.3, 0.4) is 0 Å². The number of piperidine rings is 1. The van der Waals surface area contributed by atoms with Crippen LogP contribution in [0.15, 0.2) is 47.0 Å². The van der Waals surface area contributed by atoms with Crippen LogP contribution in [0.2, 0.25) is 0 Å². The molecule has 10 nitrogen and oxygen atoms in total. The predicted molar refractivity (Wildman–Crippen MR) is 220 cm³/mol. The van der Waals surface area contributed by atoms with E-state index in [4.69, 9.17) is 9.47 Å². The third-order valence-electron chi connectivity index (χ3n) is 15.5. The van der Waals surface area contributed by atoms with E-state index >= 15 is 0 Å². The number of nitrogens with zero attached hydrogens (tertiary/aromatic N) is 3. The molecule has 6 heterocycles. The molecular formula is C45H57BrN4O6. The second-order valence-corrected chi connectivity index (χ2v) is 19.3. The SMILES string of the molecule is CC[C@]1(O)C[C@@H]2CN(CCc3c([nH]c4ccc(Br)cc34)[C@@](C)(c3cc4c(cc3C)N(C)C3[C@]45CCN4CC=C[C@@](CC)([C@@H](OC(C)=O)[C@]3(O)C(=O)OC)[C@H]45)C2)C1. The molecule has 11 heteroatoms. The largest absolute Gasteiger partial charge is 0.467 e. The van der Waals surface area contributed by atoms with Gasteiger partial charge in [0.1, 0.15) is 0 Å². The van der Waals surface area contributed by atoms with E-state index in [-0.39, 0.29) is 12.0 Å². The van der Waals surface area contributed by atoms with Gasteiger partial charge in [0.2, 0.25) is 5.60 Å². The van der Waals surface area contributed by atoms with Crippen LogP contribution in [0.4, 0.5) is 5.69 Å². The van der Waals surface area contributed by atoms with Gasteiger partial charge in [-0.25, -0.2) is 4.79 Å². The number of esters is 2. The molecule has 300 valence electrons. The average Bonchev–Trinajstić information content (AvgIpc) is 3.82. The first-order chi connectivity index (χ1) is 26.6. The molecule has 1 aliphatic carbocycles. The number of aryl methyl sites for hydroxylation is 1. The van der Waals surface area contributed by atoms with Crippen molar-refractivity contribution in [2.75, 3.05) is 51.8 Å². The van der Waals surface area contributed by atoms with Gasteiger partial charge in [-0.15, -0.1) is 0 Å². The first kappa shape index (κ1) is 38.3.